The molecule has 15 heavy (non-hydrogen) atoms. The average Bonchev–Trinajstić information content (AvgIpc) is 2.25. The van der Waals surface area contributed by atoms with Crippen molar-refractivity contribution in [2.75, 3.05) is 0 Å². The van der Waals surface area contributed by atoms with Crippen LogP contribution >= 0.6 is 23.8 Å². The minimum absolute atomic E-state index is 0.489. The van der Waals surface area contributed by atoms with Gasteiger partial charge in [0.2, 0.25) is 5.24 Å². The van der Waals surface area contributed by atoms with Crippen molar-refractivity contribution in [3.8, 4) is 0 Å². The Labute approximate surface area is 99.8 Å². The molecule has 0 saturated heterocycles. The van der Waals surface area contributed by atoms with Crippen molar-refractivity contribution in [1.82, 2.24) is 0 Å². The van der Waals surface area contributed by atoms with E-state index in [1.807, 2.05) is 18.2 Å². The molecule has 0 aliphatic heterocycles. The molecule has 78 valence electrons. The summed E-state index contributed by atoms with van der Waals surface area (Å²) >= 11 is 10.2. The predicted octanol–water partition coefficient (Wildman–Crippen LogP) is 3.31. The Morgan fingerprint density at radius 3 is 2.53 bits per heavy atom. The van der Waals surface area contributed by atoms with Crippen molar-refractivity contribution in [2.45, 2.75) is 12.8 Å². The first-order valence-corrected chi connectivity index (χ1v) is 5.41. The van der Waals surface area contributed by atoms with Crippen LogP contribution in [0.15, 0.2) is 42.5 Å². The number of benzene rings is 1. The number of thiocarbonyl (C=S) groups is 1. The third kappa shape index (κ3) is 5.45. The summed E-state index contributed by atoms with van der Waals surface area (Å²) in [6.07, 6.45) is 4.53. The molecule has 1 aromatic rings. The van der Waals surface area contributed by atoms with E-state index in [4.69, 9.17) is 23.8 Å². The summed E-state index contributed by atoms with van der Waals surface area (Å²) < 4.78 is 0. The molecule has 0 heterocycles. The van der Waals surface area contributed by atoms with E-state index in [0.29, 0.717) is 0 Å². The standard InChI is InChI=1S/C12H11ClOS/c13-12(14)9-8-11(15)7-6-10-4-2-1-3-5-10/h1-5,8-9H,6-7H2. The Morgan fingerprint density at radius 2 is 1.93 bits per heavy atom. The Morgan fingerprint density at radius 1 is 1.27 bits per heavy atom. The topological polar surface area (TPSA) is 17.1 Å². The quantitative estimate of drug-likeness (QED) is 0.445. The van der Waals surface area contributed by atoms with E-state index in [1.165, 1.54) is 11.6 Å². The third-order valence-corrected chi connectivity index (χ3v) is 2.37. The maximum Gasteiger partial charge on any atom is 0.245 e. The molecule has 0 unspecified atom stereocenters. The SMILES string of the molecule is O=C(Cl)C=CC(=S)CCc1ccccc1. The van der Waals surface area contributed by atoms with Crippen LogP contribution in [0.1, 0.15) is 12.0 Å². The molecule has 0 saturated carbocycles. The molecule has 0 spiro atoms. The van der Waals surface area contributed by atoms with Gasteiger partial charge in [-0.1, -0.05) is 42.5 Å². The Bertz CT molecular complexity index is 370. The van der Waals surface area contributed by atoms with Gasteiger partial charge in [-0.25, -0.2) is 0 Å². The second-order valence-corrected chi connectivity index (χ2v) is 3.99. The summed E-state index contributed by atoms with van der Waals surface area (Å²) in [4.78, 5) is 11.2. The molecule has 3 heteroatoms. The summed E-state index contributed by atoms with van der Waals surface area (Å²) in [5, 5.41) is -0.489. The summed E-state index contributed by atoms with van der Waals surface area (Å²) in [5.74, 6) is 0. The van der Waals surface area contributed by atoms with Crippen molar-refractivity contribution in [3.63, 3.8) is 0 Å². The highest BCUT2D eigenvalue weighted by molar-refractivity contribution is 7.80. The largest absolute Gasteiger partial charge is 0.276 e. The number of hydrogen-bond acceptors (Lipinski definition) is 2. The van der Waals surface area contributed by atoms with Gasteiger partial charge in [-0.3, -0.25) is 4.79 Å². The van der Waals surface area contributed by atoms with Crippen molar-refractivity contribution < 1.29 is 4.79 Å². The van der Waals surface area contributed by atoms with Gasteiger partial charge in [0.1, 0.15) is 0 Å². The fraction of sp³-hybridized carbons (Fsp3) is 0.167. The van der Waals surface area contributed by atoms with Crippen molar-refractivity contribution in [1.29, 1.82) is 0 Å². The molecule has 0 atom stereocenters. The van der Waals surface area contributed by atoms with Gasteiger partial charge in [0.05, 0.1) is 0 Å². The van der Waals surface area contributed by atoms with Gasteiger partial charge in [0.15, 0.2) is 0 Å². The van der Waals surface area contributed by atoms with Crippen LogP contribution in [0, 0.1) is 0 Å². The van der Waals surface area contributed by atoms with Gasteiger partial charge in [-0.2, -0.15) is 0 Å². The molecule has 0 N–H and O–H groups in total. The lowest BCUT2D eigenvalue weighted by Gasteiger charge is -1.99. The van der Waals surface area contributed by atoms with E-state index in [1.54, 1.807) is 6.08 Å². The molecule has 0 aliphatic rings. The molecule has 0 aromatic heterocycles. The highest BCUT2D eigenvalue weighted by Crippen LogP contribution is 2.04. The summed E-state index contributed by atoms with van der Waals surface area (Å²) in [5.41, 5.74) is 1.24. The number of allylic oxidation sites excluding steroid dienone is 2. The highest BCUT2D eigenvalue weighted by Gasteiger charge is 1.95. The Hall–Kier alpha value is -0.990. The smallest absolute Gasteiger partial charge is 0.245 e. The van der Waals surface area contributed by atoms with Crippen LogP contribution in [0.3, 0.4) is 0 Å². The molecule has 0 fully saturated rings. The van der Waals surface area contributed by atoms with Crippen LogP contribution in [0.5, 0.6) is 0 Å². The number of rotatable bonds is 5. The fourth-order valence-electron chi connectivity index (χ4n) is 1.15. The maximum atomic E-state index is 10.4. The Balaban J connectivity index is 2.38. The van der Waals surface area contributed by atoms with Crippen LogP contribution < -0.4 is 0 Å². The molecule has 1 aromatic carbocycles. The summed E-state index contributed by atoms with van der Waals surface area (Å²) in [6, 6.07) is 10.1. The minimum Gasteiger partial charge on any atom is -0.276 e. The van der Waals surface area contributed by atoms with E-state index in [-0.39, 0.29) is 0 Å². The summed E-state index contributed by atoms with van der Waals surface area (Å²) in [6.45, 7) is 0. The van der Waals surface area contributed by atoms with Crippen LogP contribution in [0.2, 0.25) is 0 Å². The first-order chi connectivity index (χ1) is 7.18. The zero-order chi connectivity index (χ0) is 11.1. The molecule has 0 amide bonds. The Kier molecular flexibility index (Phi) is 5.22. The maximum absolute atomic E-state index is 10.4. The number of carbonyl (C=O) groups excluding carboxylic acids is 1. The van der Waals surface area contributed by atoms with Crippen molar-refractivity contribution >= 4 is 33.9 Å². The molecular formula is C12H11ClOS. The van der Waals surface area contributed by atoms with E-state index in [0.717, 1.165) is 17.7 Å². The minimum atomic E-state index is -0.489. The first kappa shape index (κ1) is 12.1. The van der Waals surface area contributed by atoms with Gasteiger partial charge in [0, 0.05) is 4.86 Å². The molecule has 1 nitrogen and oxygen atoms in total. The number of halogens is 1. The predicted molar refractivity (Wildman–Crippen MR) is 67.4 cm³/mol. The molecular weight excluding hydrogens is 228 g/mol. The van der Waals surface area contributed by atoms with Crippen LogP contribution in [0.4, 0.5) is 0 Å². The van der Waals surface area contributed by atoms with Crippen LogP contribution in [-0.2, 0) is 11.2 Å². The molecule has 0 radical (unpaired) electrons. The number of aryl methyl sites for hydroxylation is 1. The van der Waals surface area contributed by atoms with E-state index in [2.05, 4.69) is 12.1 Å². The lowest BCUT2D eigenvalue weighted by molar-refractivity contribution is -0.107. The van der Waals surface area contributed by atoms with Crippen LogP contribution in [0.25, 0.3) is 0 Å². The molecule has 0 aliphatic carbocycles. The van der Waals surface area contributed by atoms with E-state index < -0.39 is 5.24 Å². The van der Waals surface area contributed by atoms with Gasteiger partial charge >= 0.3 is 0 Å². The number of carbonyl (C=O) groups is 1. The first-order valence-electron chi connectivity index (χ1n) is 4.63. The highest BCUT2D eigenvalue weighted by atomic mass is 35.5. The lowest BCUT2D eigenvalue weighted by Crippen LogP contribution is -1.94. The van der Waals surface area contributed by atoms with Gasteiger partial charge < -0.3 is 0 Å². The van der Waals surface area contributed by atoms with E-state index >= 15 is 0 Å². The zero-order valence-electron chi connectivity index (χ0n) is 8.15. The molecule has 0 bridgehead atoms. The second kappa shape index (κ2) is 6.49. The number of hydrogen-bond donors (Lipinski definition) is 0. The monoisotopic (exact) mass is 238 g/mol. The van der Waals surface area contributed by atoms with Gasteiger partial charge in [-0.05, 0) is 42.2 Å². The van der Waals surface area contributed by atoms with Crippen molar-refractivity contribution in [2.24, 2.45) is 0 Å². The van der Waals surface area contributed by atoms with Crippen molar-refractivity contribution in [3.05, 3.63) is 48.0 Å². The van der Waals surface area contributed by atoms with Gasteiger partial charge in [0.25, 0.3) is 0 Å². The average molecular weight is 239 g/mol. The van der Waals surface area contributed by atoms with Crippen LogP contribution in [-0.4, -0.2) is 10.1 Å². The van der Waals surface area contributed by atoms with E-state index in [9.17, 15) is 4.79 Å². The third-order valence-electron chi connectivity index (χ3n) is 1.90. The fourth-order valence-corrected chi connectivity index (χ4v) is 1.39. The van der Waals surface area contributed by atoms with Gasteiger partial charge in [-0.15, -0.1) is 0 Å². The summed E-state index contributed by atoms with van der Waals surface area (Å²) in [7, 11) is 0. The normalized spacial score (nSPS) is 10.5. The lowest BCUT2D eigenvalue weighted by atomic mass is 10.1. The molecule has 1 rings (SSSR count). The second-order valence-electron chi connectivity index (χ2n) is 3.09. The zero-order valence-corrected chi connectivity index (χ0v) is 9.72.